The Morgan fingerprint density at radius 1 is 1.42 bits per heavy atom. The summed E-state index contributed by atoms with van der Waals surface area (Å²) in [6.45, 7) is 7.52. The summed E-state index contributed by atoms with van der Waals surface area (Å²) in [5, 5.41) is 2.93. The lowest BCUT2D eigenvalue weighted by molar-refractivity contribution is -0.170. The van der Waals surface area contributed by atoms with Crippen molar-refractivity contribution >= 4 is 15.9 Å². The van der Waals surface area contributed by atoms with Crippen molar-refractivity contribution in [2.45, 2.75) is 51.9 Å². The molecule has 146 valence electrons. The molecule has 26 heavy (non-hydrogen) atoms. The molecule has 9 heteroatoms. The maximum absolute atomic E-state index is 12.6. The van der Waals surface area contributed by atoms with Crippen molar-refractivity contribution in [3.63, 3.8) is 0 Å². The van der Waals surface area contributed by atoms with Gasteiger partial charge in [0.25, 0.3) is 5.91 Å². The molecule has 0 aliphatic carbocycles. The van der Waals surface area contributed by atoms with Gasteiger partial charge in [-0.25, -0.2) is 17.7 Å². The van der Waals surface area contributed by atoms with E-state index in [0.717, 1.165) is 5.82 Å². The first kappa shape index (κ1) is 19.3. The molecule has 1 spiro atoms. The van der Waals surface area contributed by atoms with Crippen LogP contribution in [0, 0.1) is 5.92 Å². The van der Waals surface area contributed by atoms with Gasteiger partial charge < -0.3 is 14.6 Å². The van der Waals surface area contributed by atoms with Crippen LogP contribution in [0.4, 0.5) is 0 Å². The van der Waals surface area contributed by atoms with E-state index in [1.807, 2.05) is 24.6 Å². The normalized spacial score (nSPS) is 23.2. The lowest BCUT2D eigenvalue weighted by atomic mass is 9.89. The smallest absolute Gasteiger partial charge is 0.251 e. The Hall–Kier alpha value is -1.45. The summed E-state index contributed by atoms with van der Waals surface area (Å²) in [7, 11) is -3.22. The molecule has 0 aromatic carbocycles. The molecule has 1 amide bonds. The molecular formula is C17H28N4O4S. The number of hydrogen-bond donors (Lipinski definition) is 1. The van der Waals surface area contributed by atoms with Gasteiger partial charge in [0.1, 0.15) is 11.4 Å². The summed E-state index contributed by atoms with van der Waals surface area (Å²) in [5.41, 5.74) is -0.707. The molecule has 3 heterocycles. The molecule has 1 N–H and O–H groups in total. The molecule has 0 saturated carbocycles. The van der Waals surface area contributed by atoms with Gasteiger partial charge in [0, 0.05) is 32.0 Å². The highest BCUT2D eigenvalue weighted by Gasteiger charge is 2.48. The first-order valence-corrected chi connectivity index (χ1v) is 10.8. The number of fused-ring (bicyclic) bond motifs is 2. The molecule has 1 atom stereocenters. The van der Waals surface area contributed by atoms with Crippen molar-refractivity contribution in [2.75, 3.05) is 25.4 Å². The Morgan fingerprint density at radius 3 is 2.73 bits per heavy atom. The molecule has 1 aromatic heterocycles. The molecule has 1 aromatic rings. The fraction of sp³-hybridized carbons (Fsp3) is 0.765. The van der Waals surface area contributed by atoms with Crippen molar-refractivity contribution in [3.05, 3.63) is 18.2 Å². The van der Waals surface area contributed by atoms with Gasteiger partial charge in [-0.2, -0.15) is 0 Å². The maximum Gasteiger partial charge on any atom is 0.251 e. The van der Waals surface area contributed by atoms with E-state index in [0.29, 0.717) is 44.9 Å². The van der Waals surface area contributed by atoms with Crippen molar-refractivity contribution in [3.8, 4) is 0 Å². The van der Waals surface area contributed by atoms with Crippen LogP contribution in [-0.4, -0.2) is 59.7 Å². The van der Waals surface area contributed by atoms with Crippen LogP contribution in [0.2, 0.25) is 0 Å². The summed E-state index contributed by atoms with van der Waals surface area (Å²) in [5.74, 6) is 1.12. The average molecular weight is 385 g/mol. The second kappa shape index (κ2) is 7.28. The van der Waals surface area contributed by atoms with Gasteiger partial charge in [-0.15, -0.1) is 0 Å². The van der Waals surface area contributed by atoms with E-state index in [4.69, 9.17) is 4.74 Å². The Kier molecular flexibility index (Phi) is 5.41. The molecule has 0 radical (unpaired) electrons. The molecule has 2 aliphatic rings. The molecule has 1 unspecified atom stereocenters. The van der Waals surface area contributed by atoms with E-state index in [2.05, 4.69) is 10.3 Å². The van der Waals surface area contributed by atoms with Gasteiger partial charge in [0.15, 0.2) is 6.10 Å². The van der Waals surface area contributed by atoms with Crippen LogP contribution in [0.5, 0.6) is 0 Å². The lowest BCUT2D eigenvalue weighted by Gasteiger charge is -2.45. The number of ether oxygens (including phenoxy) is 1. The second-order valence-corrected chi connectivity index (χ2v) is 9.70. The van der Waals surface area contributed by atoms with Gasteiger partial charge >= 0.3 is 0 Å². The van der Waals surface area contributed by atoms with Crippen LogP contribution in [0.25, 0.3) is 0 Å². The van der Waals surface area contributed by atoms with Crippen LogP contribution >= 0.6 is 0 Å². The number of carbonyl (C=O) groups is 1. The standard InChI is InChI=1S/C17H28N4O4S/c1-4-26(23,24)21-8-5-17(6-9-21)16-18-7-10-20(16)12-14(25-17)15(22)19-11-13(2)3/h7,10,13-14H,4-6,8-9,11-12H2,1-3H3,(H,19,22). The Morgan fingerprint density at radius 2 is 2.12 bits per heavy atom. The third kappa shape index (κ3) is 3.65. The van der Waals surface area contributed by atoms with Gasteiger partial charge in [-0.05, 0) is 25.7 Å². The van der Waals surface area contributed by atoms with Gasteiger partial charge in [-0.1, -0.05) is 13.8 Å². The highest BCUT2D eigenvalue weighted by atomic mass is 32.2. The SMILES string of the molecule is CCS(=O)(=O)N1CCC2(CC1)OC(C(=O)NCC(C)C)Cn1ccnc12. The fourth-order valence-electron chi connectivity index (χ4n) is 3.60. The lowest BCUT2D eigenvalue weighted by Crippen LogP contribution is -2.55. The Labute approximate surface area is 155 Å². The van der Waals surface area contributed by atoms with Gasteiger partial charge in [-0.3, -0.25) is 4.79 Å². The monoisotopic (exact) mass is 384 g/mol. The predicted octanol–water partition coefficient (Wildman–Crippen LogP) is 0.695. The molecule has 2 aliphatic heterocycles. The highest BCUT2D eigenvalue weighted by Crippen LogP contribution is 2.40. The van der Waals surface area contributed by atoms with Crippen molar-refractivity contribution in [1.29, 1.82) is 0 Å². The summed E-state index contributed by atoms with van der Waals surface area (Å²) in [6, 6.07) is 0. The van der Waals surface area contributed by atoms with E-state index >= 15 is 0 Å². The second-order valence-electron chi connectivity index (χ2n) is 7.44. The number of nitrogens with zero attached hydrogens (tertiary/aromatic N) is 3. The Bertz CT molecular complexity index is 751. The van der Waals surface area contributed by atoms with Crippen molar-refractivity contribution in [1.82, 2.24) is 19.2 Å². The van der Waals surface area contributed by atoms with Crippen LogP contribution in [0.1, 0.15) is 39.4 Å². The number of aromatic nitrogens is 2. The van der Waals surface area contributed by atoms with Crippen LogP contribution in [-0.2, 0) is 31.7 Å². The molecular weight excluding hydrogens is 356 g/mol. The topological polar surface area (TPSA) is 93.5 Å². The summed E-state index contributed by atoms with van der Waals surface area (Å²) in [4.78, 5) is 17.0. The molecule has 8 nitrogen and oxygen atoms in total. The zero-order valence-electron chi connectivity index (χ0n) is 15.6. The highest BCUT2D eigenvalue weighted by molar-refractivity contribution is 7.89. The third-order valence-corrected chi connectivity index (χ3v) is 7.00. The molecule has 1 saturated heterocycles. The number of nitrogens with one attached hydrogen (secondary N) is 1. The quantitative estimate of drug-likeness (QED) is 0.806. The molecule has 0 bridgehead atoms. The van der Waals surface area contributed by atoms with Gasteiger partial charge in [0.2, 0.25) is 10.0 Å². The minimum Gasteiger partial charge on any atom is -0.354 e. The first-order chi connectivity index (χ1) is 12.3. The number of piperidine rings is 1. The number of amides is 1. The zero-order valence-corrected chi connectivity index (χ0v) is 16.5. The summed E-state index contributed by atoms with van der Waals surface area (Å²) < 4.78 is 34.0. The summed E-state index contributed by atoms with van der Waals surface area (Å²) >= 11 is 0. The third-order valence-electron chi connectivity index (χ3n) is 5.12. The van der Waals surface area contributed by atoms with E-state index in [-0.39, 0.29) is 11.7 Å². The molecule has 3 rings (SSSR count). The minimum atomic E-state index is -3.22. The number of carbonyl (C=O) groups excluding carboxylic acids is 1. The predicted molar refractivity (Wildman–Crippen MR) is 96.9 cm³/mol. The number of rotatable bonds is 5. The fourth-order valence-corrected chi connectivity index (χ4v) is 4.71. The molecule has 1 fully saturated rings. The van der Waals surface area contributed by atoms with E-state index in [1.54, 1.807) is 13.1 Å². The Balaban J connectivity index is 1.78. The largest absolute Gasteiger partial charge is 0.354 e. The van der Waals surface area contributed by atoms with Crippen LogP contribution in [0.15, 0.2) is 12.4 Å². The van der Waals surface area contributed by atoms with Crippen LogP contribution < -0.4 is 5.32 Å². The van der Waals surface area contributed by atoms with Crippen molar-refractivity contribution < 1.29 is 17.9 Å². The van der Waals surface area contributed by atoms with Crippen molar-refractivity contribution in [2.24, 2.45) is 5.92 Å². The number of hydrogen-bond acceptors (Lipinski definition) is 5. The van der Waals surface area contributed by atoms with Crippen LogP contribution in [0.3, 0.4) is 0 Å². The van der Waals surface area contributed by atoms with E-state index < -0.39 is 21.7 Å². The van der Waals surface area contributed by atoms with Gasteiger partial charge in [0.05, 0.1) is 12.3 Å². The summed E-state index contributed by atoms with van der Waals surface area (Å²) in [6.07, 6.45) is 3.97. The average Bonchev–Trinajstić information content (AvgIpc) is 3.09. The van der Waals surface area contributed by atoms with E-state index in [9.17, 15) is 13.2 Å². The zero-order chi connectivity index (χ0) is 18.9. The number of imidazole rings is 1. The number of sulfonamides is 1. The minimum absolute atomic E-state index is 0.0930. The first-order valence-electron chi connectivity index (χ1n) is 9.22. The van der Waals surface area contributed by atoms with E-state index in [1.165, 1.54) is 4.31 Å². The maximum atomic E-state index is 12.6.